The molecule has 2 unspecified atom stereocenters. The quantitative estimate of drug-likeness (QED) is 0.180. The van der Waals surface area contributed by atoms with E-state index in [1.165, 1.54) is 14.1 Å². The maximum atomic E-state index is 11.9. The van der Waals surface area contributed by atoms with Crippen LogP contribution in [0.5, 0.6) is 0 Å². The van der Waals surface area contributed by atoms with E-state index in [9.17, 15) is 30.0 Å². The topological polar surface area (TPSA) is 194 Å². The van der Waals surface area contributed by atoms with Gasteiger partial charge in [-0.05, 0) is 55.4 Å². The minimum atomic E-state index is -1.28. The zero-order chi connectivity index (χ0) is 30.9. The van der Waals surface area contributed by atoms with E-state index in [0.29, 0.717) is 0 Å². The molecule has 0 bridgehead atoms. The summed E-state index contributed by atoms with van der Waals surface area (Å²) in [7, 11) is 2.93. The SMILES string of the molecule is CNC(=O)C1O[C@@H](OC(C)C)[C@@H](O)[C@@H](O)[C@@H]1OC(C)C.CNC(=O)C1O[C@H](OC(C)C)[C@@H](O)[C@@H](O)[C@@H]1OC(C)C. The van der Waals surface area contributed by atoms with Crippen LogP contribution >= 0.6 is 0 Å². The smallest absolute Gasteiger partial charge is 0.251 e. The van der Waals surface area contributed by atoms with Crippen LogP contribution < -0.4 is 10.6 Å². The Balaban J connectivity index is 0.000000400. The summed E-state index contributed by atoms with van der Waals surface area (Å²) in [4.78, 5) is 23.8. The van der Waals surface area contributed by atoms with Gasteiger partial charge in [0.25, 0.3) is 11.8 Å². The predicted molar refractivity (Wildman–Crippen MR) is 142 cm³/mol. The van der Waals surface area contributed by atoms with Gasteiger partial charge < -0.3 is 59.5 Å². The fourth-order valence-corrected chi connectivity index (χ4v) is 4.07. The summed E-state index contributed by atoms with van der Waals surface area (Å²) in [6, 6.07) is 0. The van der Waals surface area contributed by atoms with E-state index in [2.05, 4.69) is 10.6 Å². The van der Waals surface area contributed by atoms with Crippen LogP contribution in [0.3, 0.4) is 0 Å². The number of amides is 2. The van der Waals surface area contributed by atoms with E-state index in [1.807, 2.05) is 0 Å². The van der Waals surface area contributed by atoms with E-state index in [0.717, 1.165) is 0 Å². The van der Waals surface area contributed by atoms with Crippen LogP contribution in [-0.4, -0.2) is 132 Å². The van der Waals surface area contributed by atoms with Crippen molar-refractivity contribution < 1.29 is 58.4 Å². The number of hydrogen-bond donors (Lipinski definition) is 6. The summed E-state index contributed by atoms with van der Waals surface area (Å²) in [5.74, 6) is -0.863. The summed E-state index contributed by atoms with van der Waals surface area (Å²) in [6.07, 6.45) is -12.1. The third kappa shape index (κ3) is 10.4. The van der Waals surface area contributed by atoms with Gasteiger partial charge in [0.1, 0.15) is 36.6 Å². The van der Waals surface area contributed by atoms with Gasteiger partial charge in [0.05, 0.1) is 24.4 Å². The monoisotopic (exact) mass is 582 g/mol. The Kier molecular flexibility index (Phi) is 15.4. The van der Waals surface area contributed by atoms with E-state index >= 15 is 0 Å². The molecule has 0 aromatic carbocycles. The predicted octanol–water partition coefficient (Wildman–Crippen LogP) is -1.20. The molecule has 2 fully saturated rings. The highest BCUT2D eigenvalue weighted by Crippen LogP contribution is 2.27. The maximum absolute atomic E-state index is 11.9. The maximum Gasteiger partial charge on any atom is 0.251 e. The molecular weight excluding hydrogens is 532 g/mol. The second-order valence-corrected chi connectivity index (χ2v) is 10.7. The minimum absolute atomic E-state index is 0.213. The third-order valence-electron chi connectivity index (χ3n) is 5.77. The average molecular weight is 583 g/mol. The molecule has 2 aliphatic heterocycles. The lowest BCUT2D eigenvalue weighted by atomic mass is 9.97. The Morgan fingerprint density at radius 1 is 0.550 bits per heavy atom. The van der Waals surface area contributed by atoms with Gasteiger partial charge in [0, 0.05) is 14.1 Å². The highest BCUT2D eigenvalue weighted by atomic mass is 16.7. The van der Waals surface area contributed by atoms with Gasteiger partial charge in [-0.3, -0.25) is 9.59 Å². The van der Waals surface area contributed by atoms with Gasteiger partial charge in [-0.2, -0.15) is 0 Å². The number of likely N-dealkylation sites (N-methyl/N-ethyl adjacent to an activating group) is 2. The van der Waals surface area contributed by atoms with E-state index < -0.39 is 73.2 Å². The van der Waals surface area contributed by atoms with E-state index in [4.69, 9.17) is 28.4 Å². The summed E-state index contributed by atoms with van der Waals surface area (Å²) in [6.45, 7) is 14.2. The zero-order valence-electron chi connectivity index (χ0n) is 25.1. The lowest BCUT2D eigenvalue weighted by molar-refractivity contribution is -0.307. The Bertz CT molecular complexity index is 706. The van der Waals surface area contributed by atoms with E-state index in [1.54, 1.807) is 55.4 Å². The Labute approximate surface area is 236 Å². The number of aliphatic hydroxyl groups excluding tert-OH is 4. The van der Waals surface area contributed by atoms with Gasteiger partial charge in [0.2, 0.25) is 0 Å². The average Bonchev–Trinajstić information content (AvgIpc) is 2.86. The molecule has 0 saturated carbocycles. The highest BCUT2D eigenvalue weighted by Gasteiger charge is 2.50. The first-order chi connectivity index (χ1) is 18.5. The van der Waals surface area contributed by atoms with Crippen molar-refractivity contribution in [2.45, 2.75) is 141 Å². The highest BCUT2D eigenvalue weighted by molar-refractivity contribution is 5.81. The molecule has 2 heterocycles. The van der Waals surface area contributed by atoms with Crippen LogP contribution in [0, 0.1) is 0 Å². The molecule has 40 heavy (non-hydrogen) atoms. The summed E-state index contributed by atoms with van der Waals surface area (Å²) >= 11 is 0. The van der Waals surface area contributed by atoms with Gasteiger partial charge in [-0.1, -0.05) is 0 Å². The minimum Gasteiger partial charge on any atom is -0.387 e. The van der Waals surface area contributed by atoms with E-state index in [-0.39, 0.29) is 24.4 Å². The first kappa shape index (κ1) is 36.6. The standard InChI is InChI=1S/2C13H25NO6/c2*1-6(2)18-10-8(15)9(16)13(19-7(3)4)20-11(10)12(17)14-5/h2*6-11,13,15-16H,1-5H3,(H,14,17)/t8-,9+,10+,11?,13+;8-,9+,10+,11?,13-/m11/s1. The molecule has 0 aromatic heterocycles. The molecule has 6 N–H and O–H groups in total. The van der Waals surface area contributed by atoms with Crippen LogP contribution in [0.15, 0.2) is 0 Å². The summed E-state index contributed by atoms with van der Waals surface area (Å²) in [5, 5.41) is 45.3. The number of nitrogens with one attached hydrogen (secondary N) is 2. The van der Waals surface area contributed by atoms with Gasteiger partial charge >= 0.3 is 0 Å². The first-order valence-electron chi connectivity index (χ1n) is 13.6. The van der Waals surface area contributed by atoms with Gasteiger partial charge in [0.15, 0.2) is 24.8 Å². The Morgan fingerprint density at radius 2 is 0.825 bits per heavy atom. The molecule has 0 aromatic rings. The summed E-state index contributed by atoms with van der Waals surface area (Å²) < 4.78 is 32.7. The van der Waals surface area contributed by atoms with Crippen molar-refractivity contribution in [2.24, 2.45) is 0 Å². The molecular formula is C26H50N2O12. The number of ether oxygens (including phenoxy) is 6. The summed E-state index contributed by atoms with van der Waals surface area (Å²) in [5.41, 5.74) is 0. The van der Waals surface area contributed by atoms with Crippen LogP contribution in [0.25, 0.3) is 0 Å². The molecule has 2 amide bonds. The molecule has 14 heteroatoms. The van der Waals surface area contributed by atoms with Crippen molar-refractivity contribution in [1.29, 1.82) is 0 Å². The lowest BCUT2D eigenvalue weighted by Crippen LogP contribution is -2.63. The van der Waals surface area contributed by atoms with Crippen molar-refractivity contribution in [3.63, 3.8) is 0 Å². The van der Waals surface area contributed by atoms with Crippen LogP contribution in [0.4, 0.5) is 0 Å². The second-order valence-electron chi connectivity index (χ2n) is 10.7. The largest absolute Gasteiger partial charge is 0.387 e. The zero-order valence-corrected chi connectivity index (χ0v) is 25.1. The molecule has 10 atom stereocenters. The molecule has 14 nitrogen and oxygen atoms in total. The number of rotatable bonds is 10. The Hall–Kier alpha value is -1.46. The number of aliphatic hydroxyl groups is 4. The van der Waals surface area contributed by atoms with Crippen LogP contribution in [0.1, 0.15) is 55.4 Å². The molecule has 0 radical (unpaired) electrons. The van der Waals surface area contributed by atoms with Gasteiger partial charge in [-0.15, -0.1) is 0 Å². The van der Waals surface area contributed by atoms with Crippen molar-refractivity contribution >= 4 is 11.8 Å². The number of carbonyl (C=O) groups excluding carboxylic acids is 2. The molecule has 2 aliphatic rings. The second kappa shape index (κ2) is 16.9. The Morgan fingerprint density at radius 3 is 1.05 bits per heavy atom. The number of carbonyl (C=O) groups is 2. The fraction of sp³-hybridized carbons (Fsp3) is 0.923. The van der Waals surface area contributed by atoms with Gasteiger partial charge in [-0.25, -0.2) is 0 Å². The van der Waals surface area contributed by atoms with Crippen molar-refractivity contribution in [2.75, 3.05) is 14.1 Å². The molecule has 2 rings (SSSR count). The molecule has 0 spiro atoms. The molecule has 0 aliphatic carbocycles. The lowest BCUT2D eigenvalue weighted by Gasteiger charge is -2.42. The number of hydrogen-bond acceptors (Lipinski definition) is 12. The van der Waals surface area contributed by atoms with Crippen molar-refractivity contribution in [1.82, 2.24) is 10.6 Å². The van der Waals surface area contributed by atoms with Crippen LogP contribution in [-0.2, 0) is 38.0 Å². The normalized spacial score (nSPS) is 34.5. The van der Waals surface area contributed by atoms with Crippen molar-refractivity contribution in [3.8, 4) is 0 Å². The van der Waals surface area contributed by atoms with Crippen LogP contribution in [0.2, 0.25) is 0 Å². The third-order valence-corrected chi connectivity index (χ3v) is 5.77. The fourth-order valence-electron chi connectivity index (χ4n) is 4.07. The van der Waals surface area contributed by atoms with Crippen molar-refractivity contribution in [3.05, 3.63) is 0 Å². The molecule has 236 valence electrons. The molecule has 2 saturated heterocycles. The first-order valence-corrected chi connectivity index (χ1v) is 13.6.